The molecule has 3 aromatic carbocycles. The SMILES string of the molecule is Cc1ccc(C(=O)NC(=S)Nc2ccc(O)c(-c3nc4cc(C)cc(C)c4o3)c2)cc1. The molecule has 0 saturated heterocycles. The van der Waals surface area contributed by atoms with E-state index in [4.69, 9.17) is 16.6 Å². The summed E-state index contributed by atoms with van der Waals surface area (Å²) in [6, 6.07) is 16.0. The van der Waals surface area contributed by atoms with E-state index in [2.05, 4.69) is 15.6 Å². The Labute approximate surface area is 184 Å². The normalized spacial score (nSPS) is 10.8. The minimum atomic E-state index is -0.304. The Morgan fingerprint density at radius 1 is 1.00 bits per heavy atom. The topological polar surface area (TPSA) is 87.4 Å². The van der Waals surface area contributed by atoms with Crippen LogP contribution >= 0.6 is 12.2 Å². The van der Waals surface area contributed by atoms with E-state index in [-0.39, 0.29) is 16.8 Å². The van der Waals surface area contributed by atoms with Gasteiger partial charge in [-0.25, -0.2) is 4.98 Å². The van der Waals surface area contributed by atoms with Crippen LogP contribution in [-0.2, 0) is 0 Å². The molecule has 156 valence electrons. The Bertz CT molecular complexity index is 1310. The maximum absolute atomic E-state index is 12.4. The lowest BCUT2D eigenvalue weighted by Gasteiger charge is -2.11. The number of phenolic OH excluding ortho intramolecular Hbond substituents is 1. The number of oxazole rings is 1. The van der Waals surface area contributed by atoms with Crippen molar-refractivity contribution in [2.75, 3.05) is 5.32 Å². The van der Waals surface area contributed by atoms with E-state index in [1.807, 2.05) is 45.0 Å². The van der Waals surface area contributed by atoms with Crippen molar-refractivity contribution in [3.63, 3.8) is 0 Å². The predicted octanol–water partition coefficient (Wildman–Crippen LogP) is 5.25. The Balaban J connectivity index is 1.55. The zero-order valence-electron chi connectivity index (χ0n) is 17.3. The van der Waals surface area contributed by atoms with Gasteiger partial charge in [0.05, 0.1) is 5.56 Å². The first kappa shape index (κ1) is 20.6. The Morgan fingerprint density at radius 2 is 1.74 bits per heavy atom. The summed E-state index contributed by atoms with van der Waals surface area (Å²) in [4.78, 5) is 16.9. The van der Waals surface area contributed by atoms with E-state index in [1.165, 1.54) is 6.07 Å². The van der Waals surface area contributed by atoms with E-state index >= 15 is 0 Å². The van der Waals surface area contributed by atoms with Crippen molar-refractivity contribution in [3.05, 3.63) is 76.9 Å². The lowest BCUT2D eigenvalue weighted by Crippen LogP contribution is -2.34. The number of nitrogens with one attached hydrogen (secondary N) is 2. The molecule has 1 heterocycles. The summed E-state index contributed by atoms with van der Waals surface area (Å²) in [7, 11) is 0. The van der Waals surface area contributed by atoms with E-state index in [1.54, 1.807) is 24.3 Å². The largest absolute Gasteiger partial charge is 0.507 e. The molecule has 7 heteroatoms. The maximum Gasteiger partial charge on any atom is 0.257 e. The molecule has 4 aromatic rings. The number of anilines is 1. The standard InChI is InChI=1S/C24H21N3O3S/c1-13-4-6-16(7-5-13)22(29)27-24(31)25-17-8-9-20(28)18(12-17)23-26-19-11-14(2)10-15(3)21(19)30-23/h4-12,28H,1-3H3,(H2,25,27,29,31). The number of aromatic hydroxyl groups is 1. The fourth-order valence-corrected chi connectivity index (χ4v) is 3.53. The number of phenols is 1. The molecule has 1 aromatic heterocycles. The summed E-state index contributed by atoms with van der Waals surface area (Å²) in [5.74, 6) is 0.0295. The number of benzene rings is 3. The Kier molecular flexibility index (Phi) is 5.44. The van der Waals surface area contributed by atoms with Crippen LogP contribution < -0.4 is 10.6 Å². The fourth-order valence-electron chi connectivity index (χ4n) is 3.32. The van der Waals surface area contributed by atoms with Gasteiger partial charge in [0.15, 0.2) is 10.7 Å². The van der Waals surface area contributed by atoms with Gasteiger partial charge in [-0.2, -0.15) is 0 Å². The first-order valence-electron chi connectivity index (χ1n) is 9.70. The zero-order valence-corrected chi connectivity index (χ0v) is 18.1. The van der Waals surface area contributed by atoms with Crippen LogP contribution in [0.2, 0.25) is 0 Å². The van der Waals surface area contributed by atoms with Crippen LogP contribution in [0.15, 0.2) is 59.0 Å². The van der Waals surface area contributed by atoms with Crippen molar-refractivity contribution < 1.29 is 14.3 Å². The van der Waals surface area contributed by atoms with Crippen LogP contribution in [0.5, 0.6) is 5.75 Å². The minimum absolute atomic E-state index is 0.0288. The highest BCUT2D eigenvalue weighted by Gasteiger charge is 2.15. The average molecular weight is 432 g/mol. The highest BCUT2D eigenvalue weighted by Crippen LogP contribution is 2.34. The van der Waals surface area contributed by atoms with Crippen LogP contribution in [0, 0.1) is 20.8 Å². The lowest BCUT2D eigenvalue weighted by molar-refractivity contribution is 0.0977. The van der Waals surface area contributed by atoms with Crippen molar-refractivity contribution in [2.24, 2.45) is 0 Å². The summed E-state index contributed by atoms with van der Waals surface area (Å²) in [5, 5.41) is 16.1. The number of amides is 1. The molecule has 0 fully saturated rings. The Hall–Kier alpha value is -3.71. The summed E-state index contributed by atoms with van der Waals surface area (Å²) in [6.45, 7) is 5.90. The molecule has 0 radical (unpaired) electrons. The average Bonchev–Trinajstić information content (AvgIpc) is 3.14. The quantitative estimate of drug-likeness (QED) is 0.303. The maximum atomic E-state index is 12.4. The first-order valence-corrected chi connectivity index (χ1v) is 10.1. The third-order valence-electron chi connectivity index (χ3n) is 4.85. The number of carbonyl (C=O) groups excluding carboxylic acids is 1. The number of carbonyl (C=O) groups is 1. The van der Waals surface area contributed by atoms with Gasteiger partial charge >= 0.3 is 0 Å². The van der Waals surface area contributed by atoms with Gasteiger partial charge in [-0.15, -0.1) is 0 Å². The lowest BCUT2D eigenvalue weighted by atomic mass is 10.1. The van der Waals surface area contributed by atoms with Gasteiger partial charge in [0.1, 0.15) is 11.3 Å². The smallest absolute Gasteiger partial charge is 0.257 e. The monoisotopic (exact) mass is 431 g/mol. The molecule has 31 heavy (non-hydrogen) atoms. The van der Waals surface area contributed by atoms with E-state index in [0.29, 0.717) is 28.3 Å². The summed E-state index contributed by atoms with van der Waals surface area (Å²) >= 11 is 5.27. The Morgan fingerprint density at radius 3 is 2.48 bits per heavy atom. The van der Waals surface area contributed by atoms with E-state index in [0.717, 1.165) is 22.2 Å². The molecule has 0 unspecified atom stereocenters. The molecule has 0 saturated carbocycles. The highest BCUT2D eigenvalue weighted by molar-refractivity contribution is 7.80. The summed E-state index contributed by atoms with van der Waals surface area (Å²) < 4.78 is 5.91. The fraction of sp³-hybridized carbons (Fsp3) is 0.125. The number of fused-ring (bicyclic) bond motifs is 1. The van der Waals surface area contributed by atoms with Gasteiger partial charge in [-0.1, -0.05) is 23.8 Å². The van der Waals surface area contributed by atoms with Gasteiger partial charge in [0.25, 0.3) is 5.91 Å². The number of nitrogens with zero attached hydrogens (tertiary/aromatic N) is 1. The molecule has 0 aliphatic heterocycles. The predicted molar refractivity (Wildman–Crippen MR) is 125 cm³/mol. The van der Waals surface area contributed by atoms with Crippen molar-refractivity contribution >= 4 is 40.0 Å². The molecular formula is C24H21N3O3S. The van der Waals surface area contributed by atoms with Gasteiger partial charge < -0.3 is 14.8 Å². The van der Waals surface area contributed by atoms with Crippen molar-refractivity contribution in [3.8, 4) is 17.2 Å². The second-order valence-corrected chi connectivity index (χ2v) is 7.86. The number of hydrogen-bond donors (Lipinski definition) is 3. The molecule has 0 bridgehead atoms. The number of rotatable bonds is 3. The molecule has 0 spiro atoms. The van der Waals surface area contributed by atoms with Gasteiger partial charge in [-0.05, 0) is 80.5 Å². The number of hydrogen-bond acceptors (Lipinski definition) is 5. The van der Waals surface area contributed by atoms with Crippen LogP contribution in [0.25, 0.3) is 22.6 Å². The third kappa shape index (κ3) is 4.41. The van der Waals surface area contributed by atoms with Crippen LogP contribution in [0.4, 0.5) is 5.69 Å². The number of aryl methyl sites for hydroxylation is 3. The molecule has 0 aliphatic rings. The molecule has 0 atom stereocenters. The van der Waals surface area contributed by atoms with Crippen LogP contribution in [0.3, 0.4) is 0 Å². The summed E-state index contributed by atoms with van der Waals surface area (Å²) in [6.07, 6.45) is 0. The molecule has 4 rings (SSSR count). The molecule has 6 nitrogen and oxygen atoms in total. The van der Waals surface area contributed by atoms with Crippen molar-refractivity contribution in [1.82, 2.24) is 10.3 Å². The molecule has 3 N–H and O–H groups in total. The van der Waals surface area contributed by atoms with Gasteiger partial charge in [0.2, 0.25) is 5.89 Å². The highest BCUT2D eigenvalue weighted by atomic mass is 32.1. The van der Waals surface area contributed by atoms with Gasteiger partial charge in [-0.3, -0.25) is 10.1 Å². The van der Waals surface area contributed by atoms with Gasteiger partial charge in [0, 0.05) is 11.3 Å². The molecular weight excluding hydrogens is 410 g/mol. The van der Waals surface area contributed by atoms with E-state index < -0.39 is 0 Å². The zero-order chi connectivity index (χ0) is 22.1. The van der Waals surface area contributed by atoms with E-state index in [9.17, 15) is 9.90 Å². The number of aromatic nitrogens is 1. The third-order valence-corrected chi connectivity index (χ3v) is 5.05. The summed E-state index contributed by atoms with van der Waals surface area (Å²) in [5.41, 5.74) is 6.05. The second kappa shape index (κ2) is 8.20. The minimum Gasteiger partial charge on any atom is -0.507 e. The van der Waals surface area contributed by atoms with Crippen LogP contribution in [0.1, 0.15) is 27.0 Å². The second-order valence-electron chi connectivity index (χ2n) is 7.46. The van der Waals surface area contributed by atoms with Crippen molar-refractivity contribution in [2.45, 2.75) is 20.8 Å². The number of thiocarbonyl (C=S) groups is 1. The molecule has 0 aliphatic carbocycles. The first-order chi connectivity index (χ1) is 14.8. The molecule has 1 amide bonds. The van der Waals surface area contributed by atoms with Crippen molar-refractivity contribution in [1.29, 1.82) is 0 Å². The van der Waals surface area contributed by atoms with Crippen LogP contribution in [-0.4, -0.2) is 21.1 Å².